The van der Waals surface area contributed by atoms with Crippen LogP contribution >= 0.6 is 0 Å². The highest BCUT2D eigenvalue weighted by Crippen LogP contribution is 2.04. The number of nitrogens with zero attached hydrogens (tertiary/aromatic N) is 1. The molecule has 0 aromatic carbocycles. The third-order valence-corrected chi connectivity index (χ3v) is 1.74. The van der Waals surface area contributed by atoms with E-state index in [4.69, 9.17) is 9.15 Å². The molecule has 1 heterocycles. The van der Waals surface area contributed by atoms with Gasteiger partial charge in [-0.25, -0.2) is 4.98 Å². The summed E-state index contributed by atoms with van der Waals surface area (Å²) in [6.07, 6.45) is 3.41. The van der Waals surface area contributed by atoms with Crippen LogP contribution in [0.25, 0.3) is 0 Å². The Bertz CT molecular complexity index is 213. The first-order valence-electron chi connectivity index (χ1n) is 4.44. The molecule has 0 aliphatic rings. The fourth-order valence-corrected chi connectivity index (χ4v) is 1.02. The third kappa shape index (κ3) is 3.57. The maximum Gasteiger partial charge on any atom is 0.196 e. The fraction of sp³-hybridized carbons (Fsp3) is 0.667. The smallest absolute Gasteiger partial charge is 0.196 e. The van der Waals surface area contributed by atoms with Crippen LogP contribution in [0, 0.1) is 0 Å². The lowest BCUT2D eigenvalue weighted by molar-refractivity contribution is 0.194. The molecule has 0 aliphatic heterocycles. The van der Waals surface area contributed by atoms with Gasteiger partial charge in [0.2, 0.25) is 0 Å². The predicted octanol–water partition coefficient (Wildman–Crippen LogP) is 0.625. The van der Waals surface area contributed by atoms with Crippen LogP contribution in [0.1, 0.15) is 11.7 Å². The summed E-state index contributed by atoms with van der Waals surface area (Å²) in [5.41, 5.74) is 0. The zero-order valence-corrected chi connectivity index (χ0v) is 8.17. The minimum Gasteiger partial charge on any atom is -0.446 e. The second-order valence-corrected chi connectivity index (χ2v) is 2.82. The van der Waals surface area contributed by atoms with Crippen LogP contribution in [0.5, 0.6) is 0 Å². The molecular formula is C9H16N2O2. The molecule has 0 aliphatic carbocycles. The summed E-state index contributed by atoms with van der Waals surface area (Å²) in [6.45, 7) is 1.57. The van der Waals surface area contributed by atoms with Gasteiger partial charge in [0.25, 0.3) is 0 Å². The first-order chi connectivity index (χ1) is 6.36. The van der Waals surface area contributed by atoms with Crippen molar-refractivity contribution in [1.29, 1.82) is 0 Å². The Morgan fingerprint density at radius 3 is 3.08 bits per heavy atom. The summed E-state index contributed by atoms with van der Waals surface area (Å²) in [4.78, 5) is 4.13. The van der Waals surface area contributed by atoms with Gasteiger partial charge in [-0.1, -0.05) is 0 Å². The molecule has 0 unspecified atom stereocenters. The van der Waals surface area contributed by atoms with Crippen LogP contribution in [-0.4, -0.2) is 32.3 Å². The average Bonchev–Trinajstić information content (AvgIpc) is 2.59. The normalized spacial score (nSPS) is 10.6. The number of ether oxygens (including phenoxy) is 1. The SMILES string of the molecule is CNCCc1cnc(CCOC)o1. The van der Waals surface area contributed by atoms with Crippen LogP contribution in [0.4, 0.5) is 0 Å². The number of oxazole rings is 1. The highest BCUT2D eigenvalue weighted by atomic mass is 16.5. The quantitative estimate of drug-likeness (QED) is 0.704. The topological polar surface area (TPSA) is 47.3 Å². The van der Waals surface area contributed by atoms with Crippen molar-refractivity contribution in [2.75, 3.05) is 27.3 Å². The van der Waals surface area contributed by atoms with E-state index in [9.17, 15) is 0 Å². The largest absolute Gasteiger partial charge is 0.446 e. The molecule has 0 atom stereocenters. The molecule has 74 valence electrons. The number of aromatic nitrogens is 1. The Balaban J connectivity index is 2.34. The highest BCUT2D eigenvalue weighted by Gasteiger charge is 2.02. The zero-order valence-electron chi connectivity index (χ0n) is 8.17. The van der Waals surface area contributed by atoms with Crippen LogP contribution in [0.2, 0.25) is 0 Å². The van der Waals surface area contributed by atoms with Crippen molar-refractivity contribution in [2.45, 2.75) is 12.8 Å². The summed E-state index contributed by atoms with van der Waals surface area (Å²) in [7, 11) is 3.59. The Labute approximate surface area is 78.3 Å². The van der Waals surface area contributed by atoms with Crippen molar-refractivity contribution in [1.82, 2.24) is 10.3 Å². The first-order valence-corrected chi connectivity index (χ1v) is 4.44. The van der Waals surface area contributed by atoms with Gasteiger partial charge >= 0.3 is 0 Å². The monoisotopic (exact) mass is 184 g/mol. The van der Waals surface area contributed by atoms with Gasteiger partial charge in [-0.05, 0) is 7.05 Å². The van der Waals surface area contributed by atoms with Gasteiger partial charge in [-0.2, -0.15) is 0 Å². The van der Waals surface area contributed by atoms with Gasteiger partial charge in [0, 0.05) is 26.5 Å². The summed E-state index contributed by atoms with van der Waals surface area (Å²) in [5, 5.41) is 3.06. The molecule has 0 fully saturated rings. The zero-order chi connectivity index (χ0) is 9.52. The van der Waals surface area contributed by atoms with Gasteiger partial charge in [0.1, 0.15) is 5.76 Å². The molecule has 1 N–H and O–H groups in total. The van der Waals surface area contributed by atoms with E-state index in [0.717, 1.165) is 31.0 Å². The lowest BCUT2D eigenvalue weighted by Crippen LogP contribution is -2.09. The minimum atomic E-state index is 0.659. The summed E-state index contributed by atoms with van der Waals surface area (Å²) in [5.74, 6) is 1.69. The van der Waals surface area contributed by atoms with E-state index < -0.39 is 0 Å². The van der Waals surface area contributed by atoms with Crippen molar-refractivity contribution >= 4 is 0 Å². The maximum atomic E-state index is 5.46. The molecule has 1 rings (SSSR count). The number of likely N-dealkylation sites (N-methyl/N-ethyl adjacent to an activating group) is 1. The van der Waals surface area contributed by atoms with E-state index in [2.05, 4.69) is 10.3 Å². The number of hydrogen-bond donors (Lipinski definition) is 1. The Morgan fingerprint density at radius 2 is 2.38 bits per heavy atom. The second-order valence-electron chi connectivity index (χ2n) is 2.82. The maximum absolute atomic E-state index is 5.46. The Hall–Kier alpha value is -0.870. The van der Waals surface area contributed by atoms with E-state index in [-0.39, 0.29) is 0 Å². The Kier molecular flexibility index (Phi) is 4.49. The number of methoxy groups -OCH3 is 1. The average molecular weight is 184 g/mol. The molecule has 0 saturated heterocycles. The number of rotatable bonds is 6. The van der Waals surface area contributed by atoms with Crippen molar-refractivity contribution < 1.29 is 9.15 Å². The molecule has 1 aromatic rings. The fourth-order valence-electron chi connectivity index (χ4n) is 1.02. The van der Waals surface area contributed by atoms with Crippen LogP contribution < -0.4 is 5.32 Å². The van der Waals surface area contributed by atoms with Gasteiger partial charge in [0.05, 0.1) is 12.8 Å². The summed E-state index contributed by atoms with van der Waals surface area (Å²) >= 11 is 0. The van der Waals surface area contributed by atoms with Crippen molar-refractivity contribution in [3.8, 4) is 0 Å². The van der Waals surface area contributed by atoms with E-state index >= 15 is 0 Å². The molecule has 0 bridgehead atoms. The second kappa shape index (κ2) is 5.72. The number of nitrogens with one attached hydrogen (secondary N) is 1. The highest BCUT2D eigenvalue weighted by molar-refractivity contribution is 4.94. The van der Waals surface area contributed by atoms with Crippen LogP contribution in [0.3, 0.4) is 0 Å². The van der Waals surface area contributed by atoms with Crippen LogP contribution in [-0.2, 0) is 17.6 Å². The van der Waals surface area contributed by atoms with E-state index in [1.54, 1.807) is 13.3 Å². The molecule has 0 spiro atoms. The van der Waals surface area contributed by atoms with Gasteiger partial charge in [-0.3, -0.25) is 0 Å². The van der Waals surface area contributed by atoms with E-state index in [0.29, 0.717) is 6.61 Å². The van der Waals surface area contributed by atoms with Gasteiger partial charge in [0.15, 0.2) is 5.89 Å². The molecule has 13 heavy (non-hydrogen) atoms. The van der Waals surface area contributed by atoms with Crippen molar-refractivity contribution in [3.63, 3.8) is 0 Å². The summed E-state index contributed by atoms with van der Waals surface area (Å²) < 4.78 is 10.4. The van der Waals surface area contributed by atoms with Gasteiger partial charge in [-0.15, -0.1) is 0 Å². The lowest BCUT2D eigenvalue weighted by atomic mass is 10.3. The van der Waals surface area contributed by atoms with Gasteiger partial charge < -0.3 is 14.5 Å². The molecule has 4 heteroatoms. The lowest BCUT2D eigenvalue weighted by Gasteiger charge is -1.95. The molecular weight excluding hydrogens is 168 g/mol. The molecule has 0 amide bonds. The Morgan fingerprint density at radius 1 is 1.54 bits per heavy atom. The first kappa shape index (κ1) is 10.2. The molecule has 0 radical (unpaired) electrons. The van der Waals surface area contributed by atoms with E-state index in [1.807, 2.05) is 7.05 Å². The van der Waals surface area contributed by atoms with Crippen molar-refractivity contribution in [3.05, 3.63) is 17.8 Å². The number of hydrogen-bond acceptors (Lipinski definition) is 4. The minimum absolute atomic E-state index is 0.659. The summed E-state index contributed by atoms with van der Waals surface area (Å²) in [6, 6.07) is 0. The van der Waals surface area contributed by atoms with E-state index in [1.165, 1.54) is 0 Å². The third-order valence-electron chi connectivity index (χ3n) is 1.74. The molecule has 1 aromatic heterocycles. The van der Waals surface area contributed by atoms with Crippen molar-refractivity contribution in [2.24, 2.45) is 0 Å². The van der Waals surface area contributed by atoms with Crippen LogP contribution in [0.15, 0.2) is 10.6 Å². The molecule has 4 nitrogen and oxygen atoms in total. The molecule has 0 saturated carbocycles. The predicted molar refractivity (Wildman–Crippen MR) is 49.7 cm³/mol. The standard InChI is InChI=1S/C9H16N2O2/c1-10-5-3-8-7-11-9(13-8)4-6-12-2/h7,10H,3-6H2,1-2H3.